The molecule has 0 heterocycles. The first-order valence-corrected chi connectivity index (χ1v) is 6.61. The van der Waals surface area contributed by atoms with Crippen molar-refractivity contribution in [1.82, 2.24) is 5.32 Å². The molecule has 0 saturated heterocycles. The van der Waals surface area contributed by atoms with E-state index >= 15 is 0 Å². The van der Waals surface area contributed by atoms with Gasteiger partial charge in [-0.05, 0) is 44.5 Å². The molecule has 19 heavy (non-hydrogen) atoms. The number of anilines is 1. The SMILES string of the molecule is CCOCCCNC(C)c1ccc(NC(N)=O)cc1. The highest BCUT2D eigenvalue weighted by molar-refractivity contribution is 5.87. The predicted octanol–water partition coefficient (Wildman–Crippen LogP) is 2.25. The lowest BCUT2D eigenvalue weighted by molar-refractivity contribution is 0.144. The van der Waals surface area contributed by atoms with E-state index in [0.717, 1.165) is 26.2 Å². The summed E-state index contributed by atoms with van der Waals surface area (Å²) < 4.78 is 5.28. The molecule has 106 valence electrons. The van der Waals surface area contributed by atoms with Gasteiger partial charge >= 0.3 is 6.03 Å². The lowest BCUT2D eigenvalue weighted by Gasteiger charge is -2.14. The molecule has 1 atom stereocenters. The second kappa shape index (κ2) is 8.50. The fourth-order valence-electron chi connectivity index (χ4n) is 1.75. The van der Waals surface area contributed by atoms with E-state index in [9.17, 15) is 4.79 Å². The van der Waals surface area contributed by atoms with Crippen LogP contribution in [0.2, 0.25) is 0 Å². The van der Waals surface area contributed by atoms with Crippen molar-refractivity contribution in [3.63, 3.8) is 0 Å². The van der Waals surface area contributed by atoms with Gasteiger partial charge in [-0.1, -0.05) is 12.1 Å². The van der Waals surface area contributed by atoms with E-state index in [4.69, 9.17) is 10.5 Å². The summed E-state index contributed by atoms with van der Waals surface area (Å²) in [6, 6.07) is 7.37. The van der Waals surface area contributed by atoms with Gasteiger partial charge in [0.25, 0.3) is 0 Å². The van der Waals surface area contributed by atoms with Gasteiger partial charge in [-0.3, -0.25) is 0 Å². The molecular formula is C14H23N3O2. The number of urea groups is 1. The Morgan fingerprint density at radius 3 is 2.63 bits per heavy atom. The first-order valence-electron chi connectivity index (χ1n) is 6.61. The van der Waals surface area contributed by atoms with Crippen LogP contribution in [0.5, 0.6) is 0 Å². The molecule has 1 rings (SSSR count). The van der Waals surface area contributed by atoms with Crippen LogP contribution < -0.4 is 16.4 Å². The fourth-order valence-corrected chi connectivity index (χ4v) is 1.75. The molecule has 0 aliphatic rings. The second-order valence-electron chi connectivity index (χ2n) is 4.34. The van der Waals surface area contributed by atoms with Crippen molar-refractivity contribution >= 4 is 11.7 Å². The highest BCUT2D eigenvalue weighted by Gasteiger charge is 2.04. The van der Waals surface area contributed by atoms with Gasteiger partial charge in [-0.2, -0.15) is 0 Å². The van der Waals surface area contributed by atoms with Gasteiger partial charge in [0, 0.05) is 24.9 Å². The van der Waals surface area contributed by atoms with Crippen LogP contribution in [0.15, 0.2) is 24.3 Å². The van der Waals surface area contributed by atoms with Gasteiger partial charge < -0.3 is 21.1 Å². The van der Waals surface area contributed by atoms with Crippen molar-refractivity contribution in [2.75, 3.05) is 25.1 Å². The lowest BCUT2D eigenvalue weighted by Crippen LogP contribution is -2.21. The molecule has 0 radical (unpaired) electrons. The zero-order valence-corrected chi connectivity index (χ0v) is 11.6. The van der Waals surface area contributed by atoms with Gasteiger partial charge in [0.1, 0.15) is 0 Å². The summed E-state index contributed by atoms with van der Waals surface area (Å²) in [7, 11) is 0. The van der Waals surface area contributed by atoms with Crippen molar-refractivity contribution in [1.29, 1.82) is 0 Å². The molecule has 1 aromatic rings. The van der Waals surface area contributed by atoms with Crippen molar-refractivity contribution in [2.45, 2.75) is 26.3 Å². The summed E-state index contributed by atoms with van der Waals surface area (Å²) in [5.74, 6) is 0. The average molecular weight is 265 g/mol. The zero-order valence-electron chi connectivity index (χ0n) is 11.6. The van der Waals surface area contributed by atoms with Crippen LogP contribution in [0.25, 0.3) is 0 Å². The lowest BCUT2D eigenvalue weighted by atomic mass is 10.1. The second-order valence-corrected chi connectivity index (χ2v) is 4.34. The van der Waals surface area contributed by atoms with Crippen LogP contribution in [-0.4, -0.2) is 25.8 Å². The summed E-state index contributed by atoms with van der Waals surface area (Å²) >= 11 is 0. The monoisotopic (exact) mass is 265 g/mol. The Balaban J connectivity index is 2.35. The number of benzene rings is 1. The highest BCUT2D eigenvalue weighted by Crippen LogP contribution is 2.15. The summed E-state index contributed by atoms with van der Waals surface area (Å²) in [5, 5.41) is 5.97. The number of hydrogen-bond donors (Lipinski definition) is 3. The van der Waals surface area contributed by atoms with E-state index in [2.05, 4.69) is 17.6 Å². The molecule has 4 N–H and O–H groups in total. The molecule has 0 bridgehead atoms. The van der Waals surface area contributed by atoms with Gasteiger partial charge in [-0.25, -0.2) is 4.79 Å². The topological polar surface area (TPSA) is 76.4 Å². The molecule has 5 heteroatoms. The van der Waals surface area contributed by atoms with Crippen LogP contribution in [0.4, 0.5) is 10.5 Å². The van der Waals surface area contributed by atoms with Crippen LogP contribution in [0.1, 0.15) is 31.9 Å². The molecule has 0 spiro atoms. The Morgan fingerprint density at radius 2 is 2.05 bits per heavy atom. The molecule has 0 aromatic heterocycles. The number of nitrogens with one attached hydrogen (secondary N) is 2. The molecule has 5 nitrogen and oxygen atoms in total. The number of carbonyl (C=O) groups is 1. The van der Waals surface area contributed by atoms with Gasteiger partial charge in [0.05, 0.1) is 0 Å². The minimum Gasteiger partial charge on any atom is -0.382 e. The first-order chi connectivity index (χ1) is 9.13. The van der Waals surface area contributed by atoms with Crippen LogP contribution in [0, 0.1) is 0 Å². The summed E-state index contributed by atoms with van der Waals surface area (Å²) in [4.78, 5) is 10.7. The number of nitrogens with two attached hydrogens (primary N) is 1. The third kappa shape index (κ3) is 6.22. The molecule has 2 amide bonds. The van der Waals surface area contributed by atoms with E-state index in [1.54, 1.807) is 0 Å². The minimum atomic E-state index is -0.546. The summed E-state index contributed by atoms with van der Waals surface area (Å²) in [6.07, 6.45) is 0.999. The molecule has 0 saturated carbocycles. The molecule has 0 fully saturated rings. The quantitative estimate of drug-likeness (QED) is 0.631. The summed E-state index contributed by atoms with van der Waals surface area (Å²) in [5.41, 5.74) is 6.93. The Labute approximate surface area is 114 Å². The maximum Gasteiger partial charge on any atom is 0.316 e. The zero-order chi connectivity index (χ0) is 14.1. The number of ether oxygens (including phenoxy) is 1. The van der Waals surface area contributed by atoms with Crippen molar-refractivity contribution < 1.29 is 9.53 Å². The van der Waals surface area contributed by atoms with Crippen LogP contribution in [-0.2, 0) is 4.74 Å². The molecule has 0 aliphatic heterocycles. The largest absolute Gasteiger partial charge is 0.382 e. The highest BCUT2D eigenvalue weighted by atomic mass is 16.5. The Morgan fingerprint density at radius 1 is 1.37 bits per heavy atom. The third-order valence-corrected chi connectivity index (χ3v) is 2.80. The molecule has 1 aromatic carbocycles. The number of carbonyl (C=O) groups excluding carboxylic acids is 1. The Bertz CT molecular complexity index is 379. The molecular weight excluding hydrogens is 242 g/mol. The number of hydrogen-bond acceptors (Lipinski definition) is 3. The fraction of sp³-hybridized carbons (Fsp3) is 0.500. The molecule has 1 unspecified atom stereocenters. The predicted molar refractivity (Wildman–Crippen MR) is 77.2 cm³/mol. The summed E-state index contributed by atoms with van der Waals surface area (Å²) in [6.45, 7) is 6.58. The Hall–Kier alpha value is -1.59. The third-order valence-electron chi connectivity index (χ3n) is 2.80. The van der Waals surface area contributed by atoms with Gasteiger partial charge in [0.2, 0.25) is 0 Å². The number of amides is 2. The van der Waals surface area contributed by atoms with E-state index < -0.39 is 6.03 Å². The maximum absolute atomic E-state index is 10.7. The van der Waals surface area contributed by atoms with Crippen molar-refractivity contribution in [3.8, 4) is 0 Å². The van der Waals surface area contributed by atoms with Crippen LogP contribution in [0.3, 0.4) is 0 Å². The average Bonchev–Trinajstić information content (AvgIpc) is 2.38. The molecule has 0 aliphatic carbocycles. The van der Waals surface area contributed by atoms with E-state index in [1.165, 1.54) is 5.56 Å². The standard InChI is InChI=1S/C14H23N3O2/c1-3-19-10-4-9-16-11(2)12-5-7-13(8-6-12)17-14(15)18/h5-8,11,16H,3-4,9-10H2,1-2H3,(H3,15,17,18). The maximum atomic E-state index is 10.7. The smallest absolute Gasteiger partial charge is 0.316 e. The number of rotatable bonds is 8. The van der Waals surface area contributed by atoms with Crippen molar-refractivity contribution in [2.24, 2.45) is 5.73 Å². The first kappa shape index (κ1) is 15.5. The van der Waals surface area contributed by atoms with Crippen LogP contribution >= 0.6 is 0 Å². The van der Waals surface area contributed by atoms with E-state index in [-0.39, 0.29) is 6.04 Å². The van der Waals surface area contributed by atoms with E-state index in [0.29, 0.717) is 5.69 Å². The van der Waals surface area contributed by atoms with Gasteiger partial charge in [0.15, 0.2) is 0 Å². The normalized spacial score (nSPS) is 12.1. The Kier molecular flexibility index (Phi) is 6.92. The number of primary amides is 1. The van der Waals surface area contributed by atoms with E-state index in [1.807, 2.05) is 31.2 Å². The van der Waals surface area contributed by atoms with Gasteiger partial charge in [-0.15, -0.1) is 0 Å². The minimum absolute atomic E-state index is 0.268. The van der Waals surface area contributed by atoms with Crippen molar-refractivity contribution in [3.05, 3.63) is 29.8 Å².